The number of nitrogens with zero attached hydrogens (tertiary/aromatic N) is 1. The fourth-order valence-corrected chi connectivity index (χ4v) is 4.19. The molecule has 1 atom stereocenters. The van der Waals surface area contributed by atoms with Crippen molar-refractivity contribution < 1.29 is 14.7 Å². The lowest BCUT2D eigenvalue weighted by atomic mass is 9.86. The highest BCUT2D eigenvalue weighted by Crippen LogP contribution is 2.35. The molecule has 28 heavy (non-hydrogen) atoms. The summed E-state index contributed by atoms with van der Waals surface area (Å²) >= 11 is 0. The zero-order valence-corrected chi connectivity index (χ0v) is 16.5. The monoisotopic (exact) mass is 375 g/mol. The molecule has 0 aliphatic heterocycles. The molecule has 0 spiro atoms. The van der Waals surface area contributed by atoms with Crippen LogP contribution < -0.4 is 0 Å². The Labute approximate surface area is 164 Å². The second-order valence-corrected chi connectivity index (χ2v) is 8.69. The van der Waals surface area contributed by atoms with Crippen molar-refractivity contribution >= 4 is 22.8 Å². The molecule has 4 heteroatoms. The van der Waals surface area contributed by atoms with E-state index in [0.29, 0.717) is 24.8 Å². The van der Waals surface area contributed by atoms with Crippen LogP contribution in [0.3, 0.4) is 0 Å². The first-order valence-corrected chi connectivity index (χ1v) is 9.76. The molecule has 3 aromatic rings. The number of hydrogen-bond acceptors (Lipinski definition) is 2. The topological polar surface area (TPSA) is 59.3 Å². The van der Waals surface area contributed by atoms with Gasteiger partial charge in [0.2, 0.25) is 0 Å². The highest BCUT2D eigenvalue weighted by atomic mass is 16.4. The quantitative estimate of drug-likeness (QED) is 0.699. The Hall–Kier alpha value is -2.88. The van der Waals surface area contributed by atoms with Crippen LogP contribution in [-0.4, -0.2) is 21.6 Å². The maximum Gasteiger partial charge on any atom is 0.306 e. The summed E-state index contributed by atoms with van der Waals surface area (Å²) in [6, 6.07) is 15.6. The van der Waals surface area contributed by atoms with E-state index in [1.807, 2.05) is 48.5 Å². The van der Waals surface area contributed by atoms with E-state index in [4.69, 9.17) is 0 Å². The van der Waals surface area contributed by atoms with Gasteiger partial charge in [0.15, 0.2) is 0 Å². The van der Waals surface area contributed by atoms with Crippen LogP contribution >= 0.6 is 0 Å². The van der Waals surface area contributed by atoms with Crippen molar-refractivity contribution in [3.05, 3.63) is 70.9 Å². The molecular formula is C24H25NO3. The molecule has 2 aromatic carbocycles. The number of carbonyl (C=O) groups excluding carboxylic acids is 1. The number of benzene rings is 2. The van der Waals surface area contributed by atoms with Gasteiger partial charge in [0.25, 0.3) is 5.91 Å². The minimum atomic E-state index is -0.758. The molecule has 1 N–H and O–H groups in total. The number of fused-ring (bicyclic) bond motifs is 3. The lowest BCUT2D eigenvalue weighted by Crippen LogP contribution is -2.24. The number of carboxylic acid groups (broad SMARTS) is 1. The van der Waals surface area contributed by atoms with Crippen LogP contribution in [0.25, 0.3) is 10.9 Å². The third-order valence-corrected chi connectivity index (χ3v) is 5.82. The summed E-state index contributed by atoms with van der Waals surface area (Å²) in [4.78, 5) is 24.9. The maximum atomic E-state index is 13.4. The molecule has 1 aliphatic rings. The average molecular weight is 375 g/mol. The van der Waals surface area contributed by atoms with Crippen LogP contribution in [0, 0.1) is 5.92 Å². The van der Waals surface area contributed by atoms with Crippen molar-refractivity contribution in [2.45, 2.75) is 45.4 Å². The van der Waals surface area contributed by atoms with Gasteiger partial charge in [0.05, 0.1) is 11.4 Å². The van der Waals surface area contributed by atoms with Gasteiger partial charge in [-0.2, -0.15) is 0 Å². The van der Waals surface area contributed by atoms with Gasteiger partial charge in [-0.15, -0.1) is 0 Å². The van der Waals surface area contributed by atoms with Crippen LogP contribution in [-0.2, 0) is 23.1 Å². The minimum Gasteiger partial charge on any atom is -0.481 e. The summed E-state index contributed by atoms with van der Waals surface area (Å²) in [6.45, 7) is 6.45. The van der Waals surface area contributed by atoms with Crippen LogP contribution in [0.2, 0.25) is 0 Å². The van der Waals surface area contributed by atoms with E-state index < -0.39 is 5.97 Å². The lowest BCUT2D eigenvalue weighted by molar-refractivity contribution is -0.142. The van der Waals surface area contributed by atoms with Gasteiger partial charge in [-0.05, 0) is 54.0 Å². The zero-order chi connectivity index (χ0) is 20.1. The van der Waals surface area contributed by atoms with Gasteiger partial charge in [0.1, 0.15) is 0 Å². The van der Waals surface area contributed by atoms with Crippen LogP contribution in [0.15, 0.2) is 48.5 Å². The molecule has 0 saturated heterocycles. The Balaban J connectivity index is 1.81. The van der Waals surface area contributed by atoms with E-state index in [0.717, 1.165) is 22.2 Å². The lowest BCUT2D eigenvalue weighted by Gasteiger charge is -2.21. The first-order valence-electron chi connectivity index (χ1n) is 9.76. The van der Waals surface area contributed by atoms with Gasteiger partial charge < -0.3 is 5.11 Å². The maximum absolute atomic E-state index is 13.4. The molecule has 4 nitrogen and oxygen atoms in total. The average Bonchev–Trinajstić information content (AvgIpc) is 3.00. The van der Waals surface area contributed by atoms with Crippen molar-refractivity contribution in [1.29, 1.82) is 0 Å². The molecule has 4 rings (SSSR count). The Morgan fingerprint density at radius 1 is 1.04 bits per heavy atom. The Morgan fingerprint density at radius 2 is 1.71 bits per heavy atom. The van der Waals surface area contributed by atoms with Crippen molar-refractivity contribution in [3.8, 4) is 0 Å². The smallest absolute Gasteiger partial charge is 0.306 e. The van der Waals surface area contributed by atoms with E-state index in [1.54, 1.807) is 4.57 Å². The first-order chi connectivity index (χ1) is 13.3. The molecule has 1 aliphatic carbocycles. The predicted octanol–water partition coefficient (Wildman–Crippen LogP) is 4.82. The molecule has 1 heterocycles. The third kappa shape index (κ3) is 3.03. The molecule has 0 bridgehead atoms. The zero-order valence-electron chi connectivity index (χ0n) is 16.5. The van der Waals surface area contributed by atoms with E-state index in [1.165, 1.54) is 5.56 Å². The summed E-state index contributed by atoms with van der Waals surface area (Å²) < 4.78 is 1.80. The van der Waals surface area contributed by atoms with Crippen LogP contribution in [0.1, 0.15) is 54.4 Å². The second kappa shape index (κ2) is 6.62. The highest BCUT2D eigenvalue weighted by molar-refractivity contribution is 6.04. The number of carboxylic acids is 1. The number of aromatic nitrogens is 1. The van der Waals surface area contributed by atoms with Crippen molar-refractivity contribution in [1.82, 2.24) is 4.57 Å². The molecule has 1 unspecified atom stereocenters. The number of para-hydroxylation sites is 1. The molecule has 0 radical (unpaired) electrons. The van der Waals surface area contributed by atoms with Gasteiger partial charge in [-0.25, -0.2) is 0 Å². The number of hydrogen-bond donors (Lipinski definition) is 1. The summed E-state index contributed by atoms with van der Waals surface area (Å²) in [6.07, 6.45) is 1.65. The van der Waals surface area contributed by atoms with Crippen molar-refractivity contribution in [2.24, 2.45) is 5.92 Å². The molecule has 0 saturated carbocycles. The van der Waals surface area contributed by atoms with E-state index >= 15 is 0 Å². The van der Waals surface area contributed by atoms with E-state index in [9.17, 15) is 14.7 Å². The summed E-state index contributed by atoms with van der Waals surface area (Å²) in [5.41, 5.74) is 4.71. The summed E-state index contributed by atoms with van der Waals surface area (Å²) in [5, 5.41) is 10.4. The van der Waals surface area contributed by atoms with E-state index in [2.05, 4.69) is 20.8 Å². The summed E-state index contributed by atoms with van der Waals surface area (Å²) in [5.74, 6) is -1.19. The second-order valence-electron chi connectivity index (χ2n) is 8.69. The Morgan fingerprint density at radius 3 is 2.36 bits per heavy atom. The third-order valence-electron chi connectivity index (χ3n) is 5.82. The number of aliphatic carboxylic acids is 1. The Bertz CT molecular complexity index is 1070. The molecular weight excluding hydrogens is 350 g/mol. The predicted molar refractivity (Wildman–Crippen MR) is 110 cm³/mol. The molecule has 0 fully saturated rings. The normalized spacial score (nSPS) is 16.8. The van der Waals surface area contributed by atoms with Crippen LogP contribution in [0.5, 0.6) is 0 Å². The highest BCUT2D eigenvalue weighted by Gasteiger charge is 2.31. The fourth-order valence-electron chi connectivity index (χ4n) is 4.19. The van der Waals surface area contributed by atoms with Gasteiger partial charge in [-0.3, -0.25) is 14.2 Å². The van der Waals surface area contributed by atoms with Gasteiger partial charge >= 0.3 is 5.97 Å². The van der Waals surface area contributed by atoms with Crippen LogP contribution in [0.4, 0.5) is 0 Å². The first kappa shape index (κ1) is 18.5. The minimum absolute atomic E-state index is 0.0345. The van der Waals surface area contributed by atoms with Gasteiger partial charge in [-0.1, -0.05) is 51.1 Å². The van der Waals surface area contributed by atoms with Crippen molar-refractivity contribution in [2.75, 3.05) is 0 Å². The van der Waals surface area contributed by atoms with Crippen molar-refractivity contribution in [3.63, 3.8) is 0 Å². The molecule has 144 valence electrons. The van der Waals surface area contributed by atoms with Gasteiger partial charge in [0, 0.05) is 16.6 Å². The fraction of sp³-hybridized carbons (Fsp3) is 0.333. The molecule has 1 aromatic heterocycles. The largest absolute Gasteiger partial charge is 0.481 e. The molecule has 0 amide bonds. The van der Waals surface area contributed by atoms with E-state index in [-0.39, 0.29) is 17.2 Å². The summed E-state index contributed by atoms with van der Waals surface area (Å²) in [7, 11) is 0. The number of rotatable bonds is 2. The SMILES string of the molecule is CC(C)(C)c1ccc(C(=O)n2c3c(c4ccccc42)CC(C(=O)O)CC3)cc1. The Kier molecular flexibility index (Phi) is 4.37. The number of carbonyl (C=O) groups is 2. The standard InChI is InChI=1S/C24H25NO3/c1-24(2,3)17-11-8-15(9-12-17)22(26)25-20-7-5-4-6-18(20)19-14-16(23(27)28)10-13-21(19)25/h4-9,11-12,16H,10,13-14H2,1-3H3,(H,27,28).